The van der Waals surface area contributed by atoms with Crippen LogP contribution in [0, 0.1) is 6.92 Å². The Morgan fingerprint density at radius 3 is 2.63 bits per heavy atom. The summed E-state index contributed by atoms with van der Waals surface area (Å²) in [5, 5.41) is 0. The van der Waals surface area contributed by atoms with Crippen molar-refractivity contribution in [2.75, 3.05) is 0 Å². The summed E-state index contributed by atoms with van der Waals surface area (Å²) in [4.78, 5) is 0.693. The molecule has 1 aromatic rings. The molecule has 1 saturated carbocycles. The first-order valence-electron chi connectivity index (χ1n) is 6.27. The molecule has 104 valence electrons. The Labute approximate surface area is 114 Å². The van der Waals surface area contributed by atoms with E-state index in [0.717, 1.165) is 11.1 Å². The van der Waals surface area contributed by atoms with Crippen LogP contribution in [0.5, 0.6) is 0 Å². The van der Waals surface area contributed by atoms with Crippen LogP contribution in [0.15, 0.2) is 40.9 Å². The van der Waals surface area contributed by atoms with Gasteiger partial charge in [-0.3, -0.25) is 0 Å². The summed E-state index contributed by atoms with van der Waals surface area (Å²) in [6.07, 6.45) is 2.14. The lowest BCUT2D eigenvalue weighted by atomic mass is 9.93. The van der Waals surface area contributed by atoms with Crippen LogP contribution in [-0.2, 0) is 11.0 Å². The summed E-state index contributed by atoms with van der Waals surface area (Å²) in [6.45, 7) is 1.93. The topological polar surface area (TPSA) is 29.1 Å². The first kappa shape index (κ1) is 14.2. The van der Waals surface area contributed by atoms with Crippen molar-refractivity contribution in [2.45, 2.75) is 43.4 Å². The van der Waals surface area contributed by atoms with Crippen molar-refractivity contribution in [3.63, 3.8) is 0 Å². The van der Waals surface area contributed by atoms with Crippen molar-refractivity contribution in [3.05, 3.63) is 41.6 Å². The van der Waals surface area contributed by atoms with Crippen LogP contribution in [0.4, 0.5) is 8.78 Å². The molecule has 2 rings (SSSR count). The molecule has 0 bridgehead atoms. The van der Waals surface area contributed by atoms with Gasteiger partial charge in [-0.05, 0) is 37.5 Å². The van der Waals surface area contributed by atoms with Crippen molar-refractivity contribution >= 4 is 11.0 Å². The standard InChI is InChI=1S/C14H17F2NOS/c1-11-3-2-4-13(9-11)19(18)17-10-12-5-7-14(15,16)8-6-12/h2-4,9-10,17H,5-8H2,1H3/t19-/m0/s1. The molecule has 0 aromatic heterocycles. The Kier molecular flexibility index (Phi) is 4.34. The second kappa shape index (κ2) is 5.82. The molecule has 1 aliphatic rings. The maximum Gasteiger partial charge on any atom is 0.248 e. The van der Waals surface area contributed by atoms with Crippen molar-refractivity contribution < 1.29 is 13.0 Å². The lowest BCUT2D eigenvalue weighted by molar-refractivity contribution is -0.0246. The van der Waals surface area contributed by atoms with E-state index in [1.165, 1.54) is 0 Å². The van der Waals surface area contributed by atoms with Crippen LogP contribution in [0.3, 0.4) is 0 Å². The van der Waals surface area contributed by atoms with Crippen molar-refractivity contribution in [1.82, 2.24) is 4.72 Å². The number of hydrogen-bond donors (Lipinski definition) is 1. The summed E-state index contributed by atoms with van der Waals surface area (Å²) in [6, 6.07) is 7.40. The van der Waals surface area contributed by atoms with E-state index in [-0.39, 0.29) is 12.8 Å². The van der Waals surface area contributed by atoms with E-state index in [1.54, 1.807) is 12.3 Å². The van der Waals surface area contributed by atoms with Gasteiger partial charge in [0.1, 0.15) is 11.0 Å². The molecule has 1 fully saturated rings. The second-order valence-electron chi connectivity index (χ2n) is 4.86. The predicted molar refractivity (Wildman–Crippen MR) is 72.2 cm³/mol. The van der Waals surface area contributed by atoms with Crippen LogP contribution >= 0.6 is 0 Å². The SMILES string of the molecule is Cc1cccc([S@](=O)NC=C2CCC(F)(F)CC2)c1. The zero-order valence-electron chi connectivity index (χ0n) is 10.8. The molecule has 0 saturated heterocycles. The third-order valence-electron chi connectivity index (χ3n) is 3.20. The van der Waals surface area contributed by atoms with Crippen molar-refractivity contribution in [2.24, 2.45) is 0 Å². The highest BCUT2D eigenvalue weighted by atomic mass is 32.2. The third kappa shape index (κ3) is 4.13. The number of allylic oxidation sites excluding steroid dienone is 1. The first-order chi connectivity index (χ1) is 8.96. The molecule has 1 atom stereocenters. The Balaban J connectivity index is 1.94. The van der Waals surface area contributed by atoms with E-state index in [1.807, 2.05) is 25.1 Å². The highest BCUT2D eigenvalue weighted by Gasteiger charge is 2.32. The minimum absolute atomic E-state index is 0.113. The fourth-order valence-corrected chi connectivity index (χ4v) is 2.92. The Hall–Kier alpha value is -1.23. The summed E-state index contributed by atoms with van der Waals surface area (Å²) in [5.74, 6) is -2.53. The molecule has 0 amide bonds. The van der Waals surface area contributed by atoms with E-state index in [9.17, 15) is 13.0 Å². The molecule has 0 spiro atoms. The van der Waals surface area contributed by atoms with Gasteiger partial charge in [0.2, 0.25) is 5.92 Å². The molecule has 0 radical (unpaired) electrons. The van der Waals surface area contributed by atoms with Crippen LogP contribution in [0.2, 0.25) is 0 Å². The van der Waals surface area contributed by atoms with E-state index < -0.39 is 16.9 Å². The molecule has 1 N–H and O–H groups in total. The molecular weight excluding hydrogens is 268 g/mol. The predicted octanol–water partition coefficient (Wildman–Crippen LogP) is 3.70. The molecule has 1 aliphatic carbocycles. The molecule has 2 nitrogen and oxygen atoms in total. The average Bonchev–Trinajstić information content (AvgIpc) is 2.37. The maximum atomic E-state index is 13.0. The minimum Gasteiger partial charge on any atom is -0.308 e. The third-order valence-corrected chi connectivity index (χ3v) is 4.21. The molecule has 0 aliphatic heterocycles. The zero-order chi connectivity index (χ0) is 13.9. The first-order valence-corrected chi connectivity index (χ1v) is 7.42. The number of aryl methyl sites for hydroxylation is 1. The highest BCUT2D eigenvalue weighted by molar-refractivity contribution is 7.83. The molecular formula is C14H17F2NOS. The molecule has 1 aromatic carbocycles. The van der Waals surface area contributed by atoms with Gasteiger partial charge in [0, 0.05) is 19.0 Å². The summed E-state index contributed by atoms with van der Waals surface area (Å²) >= 11 is 0. The van der Waals surface area contributed by atoms with Gasteiger partial charge in [-0.25, -0.2) is 13.0 Å². The number of nitrogens with one attached hydrogen (secondary N) is 1. The van der Waals surface area contributed by atoms with Gasteiger partial charge >= 0.3 is 0 Å². The fraction of sp³-hybridized carbons (Fsp3) is 0.429. The number of alkyl halides is 2. The lowest BCUT2D eigenvalue weighted by Crippen LogP contribution is -2.21. The van der Waals surface area contributed by atoms with E-state index in [0.29, 0.717) is 17.7 Å². The maximum absolute atomic E-state index is 13.0. The van der Waals surface area contributed by atoms with Gasteiger partial charge in [0.25, 0.3) is 0 Å². The zero-order valence-corrected chi connectivity index (χ0v) is 11.6. The van der Waals surface area contributed by atoms with E-state index >= 15 is 0 Å². The van der Waals surface area contributed by atoms with Crippen molar-refractivity contribution in [3.8, 4) is 0 Å². The summed E-state index contributed by atoms with van der Waals surface area (Å²) in [7, 11) is -1.33. The van der Waals surface area contributed by atoms with Gasteiger partial charge in [0.05, 0.1) is 4.90 Å². The highest BCUT2D eigenvalue weighted by Crippen LogP contribution is 2.35. The normalized spacial score (nSPS) is 19.8. The summed E-state index contributed by atoms with van der Waals surface area (Å²) < 4.78 is 40.7. The lowest BCUT2D eigenvalue weighted by Gasteiger charge is -2.23. The van der Waals surface area contributed by atoms with E-state index in [4.69, 9.17) is 0 Å². The average molecular weight is 285 g/mol. The van der Waals surface area contributed by atoms with Crippen LogP contribution < -0.4 is 4.72 Å². The molecule has 5 heteroatoms. The minimum atomic E-state index is -2.53. The number of benzene rings is 1. The number of rotatable bonds is 3. The van der Waals surface area contributed by atoms with Gasteiger partial charge in [0.15, 0.2) is 0 Å². The van der Waals surface area contributed by atoms with Crippen LogP contribution in [0.1, 0.15) is 31.2 Å². The molecule has 0 heterocycles. The largest absolute Gasteiger partial charge is 0.308 e. The quantitative estimate of drug-likeness (QED) is 0.901. The fourth-order valence-electron chi connectivity index (χ4n) is 2.02. The second-order valence-corrected chi connectivity index (χ2v) is 6.11. The summed E-state index contributed by atoms with van der Waals surface area (Å²) in [5.41, 5.74) is 1.95. The van der Waals surface area contributed by atoms with Gasteiger partial charge in [-0.15, -0.1) is 0 Å². The monoisotopic (exact) mass is 285 g/mol. The smallest absolute Gasteiger partial charge is 0.248 e. The molecule has 0 unspecified atom stereocenters. The Morgan fingerprint density at radius 2 is 2.00 bits per heavy atom. The van der Waals surface area contributed by atoms with Crippen LogP contribution in [-0.4, -0.2) is 10.1 Å². The number of halogens is 2. The van der Waals surface area contributed by atoms with Gasteiger partial charge in [-0.2, -0.15) is 0 Å². The van der Waals surface area contributed by atoms with Crippen LogP contribution in [0.25, 0.3) is 0 Å². The molecule has 19 heavy (non-hydrogen) atoms. The van der Waals surface area contributed by atoms with Crippen molar-refractivity contribution in [1.29, 1.82) is 0 Å². The Morgan fingerprint density at radius 1 is 1.32 bits per heavy atom. The van der Waals surface area contributed by atoms with Gasteiger partial charge < -0.3 is 4.72 Å². The van der Waals surface area contributed by atoms with E-state index in [2.05, 4.69) is 4.72 Å². The number of hydrogen-bond acceptors (Lipinski definition) is 1. The van der Waals surface area contributed by atoms with Gasteiger partial charge in [-0.1, -0.05) is 17.7 Å². The Bertz CT molecular complexity index is 502.